The lowest BCUT2D eigenvalue weighted by Crippen LogP contribution is -2.02. The lowest BCUT2D eigenvalue weighted by Gasteiger charge is -2.15. The average Bonchev–Trinajstić information content (AvgIpc) is 2.63. The van der Waals surface area contributed by atoms with Crippen LogP contribution < -0.4 is 0 Å². The highest BCUT2D eigenvalue weighted by molar-refractivity contribution is 6.18. The van der Waals surface area contributed by atoms with E-state index in [4.69, 9.17) is 0 Å². The Bertz CT molecular complexity index is 1030. The van der Waals surface area contributed by atoms with Gasteiger partial charge < -0.3 is 10.2 Å². The Morgan fingerprint density at radius 1 is 0.583 bits per heavy atom. The predicted octanol–water partition coefficient (Wildman–Crippen LogP) is 4.22. The van der Waals surface area contributed by atoms with Crippen molar-refractivity contribution in [2.45, 2.75) is 12.8 Å². The smallest absolute Gasteiger partial charge is 0.0471 e. The zero-order chi connectivity index (χ0) is 16.5. The summed E-state index contributed by atoms with van der Waals surface area (Å²) in [5, 5.41) is 26.3. The van der Waals surface area contributed by atoms with Crippen molar-refractivity contribution in [3.05, 3.63) is 71.8 Å². The van der Waals surface area contributed by atoms with Crippen LogP contribution in [-0.2, 0) is 12.8 Å². The molecule has 2 heteroatoms. The largest absolute Gasteiger partial charge is 0.396 e. The van der Waals surface area contributed by atoms with Gasteiger partial charge in [-0.1, -0.05) is 60.7 Å². The van der Waals surface area contributed by atoms with E-state index in [1.807, 2.05) is 0 Å². The predicted molar refractivity (Wildman–Crippen MR) is 101 cm³/mol. The molecule has 2 N–H and O–H groups in total. The Balaban J connectivity index is 2.15. The zero-order valence-electron chi connectivity index (χ0n) is 13.5. The van der Waals surface area contributed by atoms with E-state index in [-0.39, 0.29) is 13.2 Å². The van der Waals surface area contributed by atoms with Crippen LogP contribution in [0.25, 0.3) is 32.3 Å². The van der Waals surface area contributed by atoms with Crippen molar-refractivity contribution >= 4 is 32.3 Å². The van der Waals surface area contributed by atoms with Gasteiger partial charge in [-0.25, -0.2) is 0 Å². The Morgan fingerprint density at radius 2 is 1.29 bits per heavy atom. The van der Waals surface area contributed by atoms with E-state index < -0.39 is 0 Å². The van der Waals surface area contributed by atoms with Gasteiger partial charge in [0.1, 0.15) is 0 Å². The standard InChI is InChI=1S/C22H20O2/c23-13-11-16-5-6-17-8-9-20-18-4-2-1-3-15(18)7-10-21(20)22(17)19(16)12-14-24/h1-10,23-24H,11-14H2. The molecule has 0 aliphatic heterocycles. The first-order chi connectivity index (χ1) is 11.8. The van der Waals surface area contributed by atoms with Gasteiger partial charge in [-0.05, 0) is 56.3 Å². The van der Waals surface area contributed by atoms with Crippen molar-refractivity contribution in [3.8, 4) is 0 Å². The summed E-state index contributed by atoms with van der Waals surface area (Å²) in [6.45, 7) is 0.235. The van der Waals surface area contributed by atoms with Crippen LogP contribution >= 0.6 is 0 Å². The van der Waals surface area contributed by atoms with Crippen LogP contribution in [0, 0.1) is 0 Å². The van der Waals surface area contributed by atoms with Gasteiger partial charge in [-0.3, -0.25) is 0 Å². The molecular formula is C22H20O2. The molecule has 120 valence electrons. The Labute approximate surface area is 141 Å². The molecule has 4 rings (SSSR count). The maximum atomic E-state index is 9.55. The molecule has 0 aromatic heterocycles. The molecule has 0 amide bonds. The summed E-state index contributed by atoms with van der Waals surface area (Å²) in [5.74, 6) is 0. The first kappa shape index (κ1) is 15.1. The molecule has 0 saturated carbocycles. The normalized spacial score (nSPS) is 11.6. The second-order valence-corrected chi connectivity index (χ2v) is 6.20. The van der Waals surface area contributed by atoms with Gasteiger partial charge in [0.05, 0.1) is 0 Å². The van der Waals surface area contributed by atoms with Crippen LogP contribution in [0.1, 0.15) is 11.1 Å². The Morgan fingerprint density at radius 3 is 2.12 bits per heavy atom. The Hall–Kier alpha value is -2.42. The van der Waals surface area contributed by atoms with Gasteiger partial charge in [-0.2, -0.15) is 0 Å². The molecule has 0 unspecified atom stereocenters. The number of aliphatic hydroxyl groups is 2. The fraction of sp³-hybridized carbons (Fsp3) is 0.182. The van der Waals surface area contributed by atoms with E-state index in [1.165, 1.54) is 32.3 Å². The molecule has 0 spiro atoms. The quantitative estimate of drug-likeness (QED) is 0.554. The first-order valence-corrected chi connectivity index (χ1v) is 8.40. The van der Waals surface area contributed by atoms with Crippen molar-refractivity contribution in [3.63, 3.8) is 0 Å². The third kappa shape index (κ3) is 2.35. The number of benzene rings is 4. The molecule has 4 aromatic rings. The van der Waals surface area contributed by atoms with Crippen LogP contribution in [0.5, 0.6) is 0 Å². The summed E-state index contributed by atoms with van der Waals surface area (Å²) in [7, 11) is 0. The molecule has 0 bridgehead atoms. The number of rotatable bonds is 4. The summed E-state index contributed by atoms with van der Waals surface area (Å²) >= 11 is 0. The van der Waals surface area contributed by atoms with Gasteiger partial charge in [0.15, 0.2) is 0 Å². The van der Waals surface area contributed by atoms with E-state index in [9.17, 15) is 10.2 Å². The van der Waals surface area contributed by atoms with Gasteiger partial charge >= 0.3 is 0 Å². The monoisotopic (exact) mass is 316 g/mol. The molecule has 0 saturated heterocycles. The lowest BCUT2D eigenvalue weighted by molar-refractivity contribution is 0.293. The first-order valence-electron chi connectivity index (χ1n) is 8.40. The molecule has 0 heterocycles. The van der Waals surface area contributed by atoms with Crippen molar-refractivity contribution in [2.24, 2.45) is 0 Å². The van der Waals surface area contributed by atoms with E-state index in [0.717, 1.165) is 11.1 Å². The van der Waals surface area contributed by atoms with Crippen LogP contribution in [-0.4, -0.2) is 23.4 Å². The van der Waals surface area contributed by atoms with Gasteiger partial charge in [0.2, 0.25) is 0 Å². The second-order valence-electron chi connectivity index (χ2n) is 6.20. The Kier molecular flexibility index (Phi) is 3.93. The third-order valence-electron chi connectivity index (χ3n) is 4.85. The van der Waals surface area contributed by atoms with E-state index in [2.05, 4.69) is 60.7 Å². The second kappa shape index (κ2) is 6.23. The number of aliphatic hydroxyl groups excluding tert-OH is 2. The van der Waals surface area contributed by atoms with Crippen LogP contribution in [0.4, 0.5) is 0 Å². The van der Waals surface area contributed by atoms with Crippen molar-refractivity contribution in [1.29, 1.82) is 0 Å². The zero-order valence-corrected chi connectivity index (χ0v) is 13.5. The summed E-state index contributed by atoms with van der Waals surface area (Å²) in [4.78, 5) is 0. The lowest BCUT2D eigenvalue weighted by atomic mass is 9.90. The number of hydrogen-bond acceptors (Lipinski definition) is 2. The van der Waals surface area contributed by atoms with Gasteiger partial charge in [0.25, 0.3) is 0 Å². The molecule has 2 nitrogen and oxygen atoms in total. The highest BCUT2D eigenvalue weighted by Crippen LogP contribution is 2.34. The fourth-order valence-electron chi connectivity index (χ4n) is 3.78. The van der Waals surface area contributed by atoms with E-state index in [1.54, 1.807) is 0 Å². The minimum absolute atomic E-state index is 0.113. The van der Waals surface area contributed by atoms with Crippen LogP contribution in [0.2, 0.25) is 0 Å². The van der Waals surface area contributed by atoms with Crippen LogP contribution in [0.3, 0.4) is 0 Å². The topological polar surface area (TPSA) is 40.5 Å². The molecule has 0 aliphatic rings. The van der Waals surface area contributed by atoms with Crippen LogP contribution in [0.15, 0.2) is 60.7 Å². The molecule has 4 aromatic carbocycles. The maximum absolute atomic E-state index is 9.55. The van der Waals surface area contributed by atoms with Crippen molar-refractivity contribution in [1.82, 2.24) is 0 Å². The summed E-state index contributed by atoms with van der Waals surface area (Å²) in [6, 6.07) is 21.3. The van der Waals surface area contributed by atoms with E-state index in [0.29, 0.717) is 12.8 Å². The minimum Gasteiger partial charge on any atom is -0.396 e. The van der Waals surface area contributed by atoms with Gasteiger partial charge in [0, 0.05) is 13.2 Å². The summed E-state index contributed by atoms with van der Waals surface area (Å²) in [6.07, 6.45) is 1.23. The summed E-state index contributed by atoms with van der Waals surface area (Å²) < 4.78 is 0. The molecular weight excluding hydrogens is 296 g/mol. The summed E-state index contributed by atoms with van der Waals surface area (Å²) in [5.41, 5.74) is 2.28. The van der Waals surface area contributed by atoms with Crippen molar-refractivity contribution in [2.75, 3.05) is 13.2 Å². The van der Waals surface area contributed by atoms with Gasteiger partial charge in [-0.15, -0.1) is 0 Å². The third-order valence-corrected chi connectivity index (χ3v) is 4.85. The van der Waals surface area contributed by atoms with Crippen molar-refractivity contribution < 1.29 is 10.2 Å². The molecule has 24 heavy (non-hydrogen) atoms. The molecule has 0 atom stereocenters. The number of fused-ring (bicyclic) bond motifs is 5. The van der Waals surface area contributed by atoms with E-state index >= 15 is 0 Å². The number of hydrogen-bond donors (Lipinski definition) is 2. The molecule has 0 aliphatic carbocycles. The minimum atomic E-state index is 0.113. The SMILES string of the molecule is OCCc1ccc2ccc3c4ccccc4ccc3c2c1CCO. The maximum Gasteiger partial charge on any atom is 0.0471 e. The highest BCUT2D eigenvalue weighted by atomic mass is 16.3. The highest BCUT2D eigenvalue weighted by Gasteiger charge is 2.11. The fourth-order valence-corrected chi connectivity index (χ4v) is 3.78. The average molecular weight is 316 g/mol. The molecule has 0 radical (unpaired) electrons. The molecule has 0 fully saturated rings.